The summed E-state index contributed by atoms with van der Waals surface area (Å²) in [5.74, 6) is 0.512. The van der Waals surface area contributed by atoms with Gasteiger partial charge in [0, 0.05) is 4.47 Å². The summed E-state index contributed by atoms with van der Waals surface area (Å²) in [7, 11) is 3.10. The number of para-hydroxylation sites is 1. The number of rotatable bonds is 2. The van der Waals surface area contributed by atoms with E-state index in [0.29, 0.717) is 11.9 Å². The van der Waals surface area contributed by atoms with Crippen molar-refractivity contribution in [1.29, 1.82) is 0 Å². The predicted molar refractivity (Wildman–Crippen MR) is 60.3 cm³/mol. The number of aromatic nitrogens is 2. The Kier molecular flexibility index (Phi) is 2.73. The fraction of sp³-hybridized carbons (Fsp3) is 0.200. The van der Waals surface area contributed by atoms with Crippen molar-refractivity contribution < 1.29 is 9.47 Å². The minimum Gasteiger partial charge on any atom is -0.480 e. The van der Waals surface area contributed by atoms with Gasteiger partial charge in [-0.2, -0.15) is 9.97 Å². The SMILES string of the molecule is COc1nc(OC)c2cccc(Br)c2n1. The van der Waals surface area contributed by atoms with Gasteiger partial charge in [0.25, 0.3) is 0 Å². The number of ether oxygens (including phenoxy) is 2. The first kappa shape index (κ1) is 10.2. The molecule has 0 bridgehead atoms. The van der Waals surface area contributed by atoms with E-state index in [1.54, 1.807) is 7.11 Å². The third kappa shape index (κ3) is 1.74. The first-order valence-corrected chi connectivity index (χ1v) is 5.10. The zero-order valence-corrected chi connectivity index (χ0v) is 9.91. The molecule has 78 valence electrons. The van der Waals surface area contributed by atoms with Crippen LogP contribution in [0.3, 0.4) is 0 Å². The van der Waals surface area contributed by atoms with Crippen molar-refractivity contribution in [1.82, 2.24) is 9.97 Å². The van der Waals surface area contributed by atoms with Gasteiger partial charge in [-0.15, -0.1) is 0 Å². The second-order valence-corrected chi connectivity index (χ2v) is 3.71. The van der Waals surface area contributed by atoms with Crippen LogP contribution in [0.15, 0.2) is 22.7 Å². The first-order chi connectivity index (χ1) is 7.26. The highest BCUT2D eigenvalue weighted by atomic mass is 79.9. The maximum atomic E-state index is 5.17. The molecule has 0 spiro atoms. The van der Waals surface area contributed by atoms with Crippen LogP contribution in [0, 0.1) is 0 Å². The summed E-state index contributed by atoms with van der Waals surface area (Å²) in [5.41, 5.74) is 0.779. The Hall–Kier alpha value is -1.36. The van der Waals surface area contributed by atoms with E-state index >= 15 is 0 Å². The molecule has 2 rings (SSSR count). The van der Waals surface area contributed by atoms with Crippen LogP contribution < -0.4 is 9.47 Å². The van der Waals surface area contributed by atoms with Crippen LogP contribution in [-0.4, -0.2) is 24.2 Å². The van der Waals surface area contributed by atoms with Crippen molar-refractivity contribution in [2.24, 2.45) is 0 Å². The second kappa shape index (κ2) is 4.02. The Balaban J connectivity index is 2.80. The Bertz CT molecular complexity index is 502. The molecule has 0 fully saturated rings. The molecule has 0 unspecified atom stereocenters. The molecule has 0 amide bonds. The number of nitrogens with zero attached hydrogens (tertiary/aromatic N) is 2. The minimum absolute atomic E-state index is 0.297. The summed E-state index contributed by atoms with van der Waals surface area (Å²) in [5, 5.41) is 0.854. The van der Waals surface area contributed by atoms with Gasteiger partial charge in [-0.1, -0.05) is 6.07 Å². The third-order valence-electron chi connectivity index (χ3n) is 2.00. The molecule has 1 heterocycles. The fourth-order valence-electron chi connectivity index (χ4n) is 1.32. The van der Waals surface area contributed by atoms with E-state index in [2.05, 4.69) is 25.9 Å². The smallest absolute Gasteiger partial charge is 0.320 e. The summed E-state index contributed by atoms with van der Waals surface area (Å²) < 4.78 is 11.1. The van der Waals surface area contributed by atoms with Gasteiger partial charge in [-0.25, -0.2) is 0 Å². The average molecular weight is 269 g/mol. The Morgan fingerprint density at radius 3 is 2.60 bits per heavy atom. The third-order valence-corrected chi connectivity index (χ3v) is 2.64. The molecule has 0 aliphatic rings. The van der Waals surface area contributed by atoms with Crippen LogP contribution in [-0.2, 0) is 0 Å². The Morgan fingerprint density at radius 2 is 1.93 bits per heavy atom. The molecule has 1 aromatic carbocycles. The summed E-state index contributed by atoms with van der Waals surface area (Å²) in [6.45, 7) is 0. The van der Waals surface area contributed by atoms with Crippen LogP contribution in [0.1, 0.15) is 0 Å². The van der Waals surface area contributed by atoms with E-state index in [9.17, 15) is 0 Å². The number of hydrogen-bond donors (Lipinski definition) is 0. The molecule has 1 aromatic heterocycles. The van der Waals surface area contributed by atoms with E-state index in [4.69, 9.17) is 9.47 Å². The monoisotopic (exact) mass is 268 g/mol. The van der Waals surface area contributed by atoms with Crippen molar-refractivity contribution in [3.63, 3.8) is 0 Å². The molecule has 4 nitrogen and oxygen atoms in total. The highest BCUT2D eigenvalue weighted by molar-refractivity contribution is 9.10. The van der Waals surface area contributed by atoms with E-state index in [-0.39, 0.29) is 0 Å². The Labute approximate surface area is 95.4 Å². The molecule has 0 saturated heterocycles. The molecule has 15 heavy (non-hydrogen) atoms. The number of fused-ring (bicyclic) bond motifs is 1. The van der Waals surface area contributed by atoms with Gasteiger partial charge in [-0.3, -0.25) is 0 Å². The lowest BCUT2D eigenvalue weighted by atomic mass is 10.2. The van der Waals surface area contributed by atoms with Gasteiger partial charge in [0.1, 0.15) is 0 Å². The standard InChI is InChI=1S/C10H9BrN2O2/c1-14-9-6-4-3-5-7(11)8(6)12-10(13-9)15-2/h3-5H,1-2H3. The number of halogens is 1. The van der Waals surface area contributed by atoms with Gasteiger partial charge < -0.3 is 9.47 Å². The van der Waals surface area contributed by atoms with Gasteiger partial charge in [0.05, 0.1) is 25.1 Å². The lowest BCUT2D eigenvalue weighted by molar-refractivity contribution is 0.357. The van der Waals surface area contributed by atoms with Gasteiger partial charge in [0.2, 0.25) is 5.88 Å². The number of hydrogen-bond acceptors (Lipinski definition) is 4. The minimum atomic E-state index is 0.297. The molecular formula is C10H9BrN2O2. The highest BCUT2D eigenvalue weighted by Gasteiger charge is 2.09. The average Bonchev–Trinajstić information content (AvgIpc) is 2.28. The summed E-state index contributed by atoms with van der Waals surface area (Å²) in [6.07, 6.45) is 0. The van der Waals surface area contributed by atoms with E-state index in [1.165, 1.54) is 7.11 Å². The molecule has 0 saturated carbocycles. The molecule has 0 atom stereocenters. The number of methoxy groups -OCH3 is 2. The molecule has 0 N–H and O–H groups in total. The molecule has 0 radical (unpaired) electrons. The number of benzene rings is 1. The molecule has 0 aliphatic heterocycles. The van der Waals surface area contributed by atoms with Crippen LogP contribution in [0.4, 0.5) is 0 Å². The second-order valence-electron chi connectivity index (χ2n) is 2.86. The zero-order chi connectivity index (χ0) is 10.8. The summed E-state index contributed by atoms with van der Waals surface area (Å²) in [6, 6.07) is 6.02. The Morgan fingerprint density at radius 1 is 1.13 bits per heavy atom. The summed E-state index contributed by atoms with van der Waals surface area (Å²) >= 11 is 3.42. The largest absolute Gasteiger partial charge is 0.480 e. The van der Waals surface area contributed by atoms with E-state index < -0.39 is 0 Å². The van der Waals surface area contributed by atoms with Gasteiger partial charge in [0.15, 0.2) is 0 Å². The normalized spacial score (nSPS) is 10.3. The molecular weight excluding hydrogens is 260 g/mol. The predicted octanol–water partition coefficient (Wildman–Crippen LogP) is 2.41. The topological polar surface area (TPSA) is 44.2 Å². The quantitative estimate of drug-likeness (QED) is 0.839. The van der Waals surface area contributed by atoms with Crippen molar-refractivity contribution in [3.8, 4) is 11.9 Å². The van der Waals surface area contributed by atoms with Crippen molar-refractivity contribution in [3.05, 3.63) is 22.7 Å². The molecule has 0 aliphatic carbocycles. The van der Waals surface area contributed by atoms with Crippen molar-refractivity contribution in [2.45, 2.75) is 0 Å². The van der Waals surface area contributed by atoms with Gasteiger partial charge >= 0.3 is 6.01 Å². The zero-order valence-electron chi connectivity index (χ0n) is 8.32. The van der Waals surface area contributed by atoms with Crippen molar-refractivity contribution in [2.75, 3.05) is 14.2 Å². The van der Waals surface area contributed by atoms with Crippen LogP contribution in [0.25, 0.3) is 10.9 Å². The summed E-state index contributed by atoms with van der Waals surface area (Å²) in [4.78, 5) is 8.34. The lowest BCUT2D eigenvalue weighted by Crippen LogP contribution is -1.97. The van der Waals surface area contributed by atoms with E-state index in [1.807, 2.05) is 18.2 Å². The van der Waals surface area contributed by atoms with Gasteiger partial charge in [-0.05, 0) is 28.1 Å². The van der Waals surface area contributed by atoms with Crippen LogP contribution in [0.2, 0.25) is 0 Å². The molecule has 2 aromatic rings. The van der Waals surface area contributed by atoms with Crippen molar-refractivity contribution >= 4 is 26.8 Å². The fourth-order valence-corrected chi connectivity index (χ4v) is 1.77. The maximum Gasteiger partial charge on any atom is 0.320 e. The molecule has 5 heteroatoms. The van der Waals surface area contributed by atoms with Crippen LogP contribution >= 0.6 is 15.9 Å². The first-order valence-electron chi connectivity index (χ1n) is 4.30. The lowest BCUT2D eigenvalue weighted by Gasteiger charge is -2.06. The van der Waals surface area contributed by atoms with Crippen LogP contribution in [0.5, 0.6) is 11.9 Å². The highest BCUT2D eigenvalue weighted by Crippen LogP contribution is 2.29. The maximum absolute atomic E-state index is 5.17. The van der Waals surface area contributed by atoms with E-state index in [0.717, 1.165) is 15.4 Å².